The maximum absolute atomic E-state index is 13.1. The second kappa shape index (κ2) is 36.9. The smallest absolute Gasteiger partial charge is 0.293 e. The molecular weight excluding hydrogens is 1630 g/mol. The number of ether oxygens (including phenoxy) is 4. The van der Waals surface area contributed by atoms with E-state index in [0.29, 0.717) is 105 Å². The fourth-order valence-electron chi connectivity index (χ4n) is 21.4. The van der Waals surface area contributed by atoms with E-state index in [1.54, 1.807) is 0 Å². The van der Waals surface area contributed by atoms with Crippen LogP contribution in [0.5, 0.6) is 0 Å². The highest BCUT2D eigenvalue weighted by Gasteiger charge is 2.49. The average molecular weight is 1750 g/mol. The van der Waals surface area contributed by atoms with Crippen LogP contribution in [0.15, 0.2) is 345 Å². The number of rotatable bonds is 25. The lowest BCUT2D eigenvalue weighted by atomic mass is 9.84. The molecule has 6 N–H and O–H groups in total. The number of aliphatic hydroxyl groups excluding tert-OH is 3. The van der Waals surface area contributed by atoms with Crippen molar-refractivity contribution in [2.45, 2.75) is 208 Å². The van der Waals surface area contributed by atoms with E-state index >= 15 is 0 Å². The maximum Gasteiger partial charge on any atom is 0.293 e. The number of allylic oxidation sites excluding steroid dienone is 35. The highest BCUT2D eigenvalue weighted by Crippen LogP contribution is 2.53. The van der Waals surface area contributed by atoms with Crippen LogP contribution in [0.4, 0.5) is 0 Å². The molecule has 3 saturated heterocycles. The van der Waals surface area contributed by atoms with E-state index in [4.69, 9.17) is 63.9 Å². The Morgan fingerprint density at radius 2 is 0.800 bits per heavy atom. The lowest BCUT2D eigenvalue weighted by Gasteiger charge is -2.20. The van der Waals surface area contributed by atoms with Gasteiger partial charge in [-0.15, -0.1) is 0 Å². The van der Waals surface area contributed by atoms with Crippen LogP contribution in [0, 0.1) is 41.4 Å². The second-order valence-electron chi connectivity index (χ2n) is 36.1. The topological polar surface area (TPSA) is 313 Å². The van der Waals surface area contributed by atoms with Gasteiger partial charge in [-0.3, -0.25) is 19.2 Å². The molecule has 18 aliphatic rings. The Morgan fingerprint density at radius 3 is 1.19 bits per heavy atom. The third kappa shape index (κ3) is 15.9. The van der Waals surface area contributed by atoms with Gasteiger partial charge in [0.05, 0.1) is 129 Å². The fraction of sp³-hybridized carbons (Fsp3) is 0.393. The molecule has 0 amide bonds. The Bertz CT molecular complexity index is 6320. The van der Waals surface area contributed by atoms with Crippen LogP contribution in [0.2, 0.25) is 0 Å². The van der Waals surface area contributed by atoms with E-state index in [2.05, 4.69) is 156 Å². The molecule has 23 nitrogen and oxygen atoms in total. The first-order chi connectivity index (χ1) is 62.5. The maximum atomic E-state index is 13.1. The number of ketones is 1. The minimum Gasteiger partial charge on any atom is -0.511 e. The van der Waals surface area contributed by atoms with Gasteiger partial charge in [0.2, 0.25) is 0 Å². The Balaban J connectivity index is 0.000000143. The van der Waals surface area contributed by atoms with Gasteiger partial charge in [0, 0.05) is 139 Å². The van der Waals surface area contributed by atoms with Crippen molar-refractivity contribution in [1.82, 2.24) is 16.0 Å². The molecule has 0 aromatic rings. The highest BCUT2D eigenvalue weighted by atomic mass is 16.5. The van der Waals surface area contributed by atoms with Crippen molar-refractivity contribution in [2.24, 2.45) is 86.4 Å². The zero-order chi connectivity index (χ0) is 92.4. The van der Waals surface area contributed by atoms with Gasteiger partial charge in [0.1, 0.15) is 29.0 Å². The van der Waals surface area contributed by atoms with Crippen molar-refractivity contribution in [2.75, 3.05) is 26.4 Å². The number of unbranched alkanes of at least 4 members (excludes halogenated alkanes) is 3. The molecule has 24 bridgehead atoms. The minimum atomic E-state index is -0.836. The summed E-state index contributed by atoms with van der Waals surface area (Å²) in [5.41, 5.74) is 41.6. The van der Waals surface area contributed by atoms with Gasteiger partial charge < -0.3 is 50.2 Å². The van der Waals surface area contributed by atoms with Gasteiger partial charge in [-0.2, -0.15) is 0 Å². The number of aliphatic hydroxyl groups is 3. The number of Topliss-reactive ketones (excluding diaryl/α,β-unsaturated/α-hetero) is 1. The first-order valence-corrected chi connectivity index (χ1v) is 46.0. The van der Waals surface area contributed by atoms with Crippen LogP contribution in [0.1, 0.15) is 202 Å². The number of carbonyl (C=O) groups is 4. The predicted octanol–water partition coefficient (Wildman–Crippen LogP) is 20.8. The second-order valence-corrected chi connectivity index (χ2v) is 36.1. The van der Waals surface area contributed by atoms with Crippen molar-refractivity contribution in [1.29, 1.82) is 0 Å². The highest BCUT2D eigenvalue weighted by molar-refractivity contribution is 6.26. The van der Waals surface area contributed by atoms with Crippen LogP contribution in [0.3, 0.4) is 0 Å². The number of carbonyl (C=O) groups excluding carboxylic acids is 4. The monoisotopic (exact) mass is 1750 g/mol. The summed E-state index contributed by atoms with van der Waals surface area (Å²) in [4.78, 5) is 91.9. The van der Waals surface area contributed by atoms with Gasteiger partial charge >= 0.3 is 0 Å². The predicted molar refractivity (Wildman–Crippen MR) is 516 cm³/mol. The molecule has 23 heteroatoms. The van der Waals surface area contributed by atoms with Crippen LogP contribution < -0.4 is 16.0 Å². The number of nitrogens with one attached hydrogen (secondary N) is 3. The van der Waals surface area contributed by atoms with E-state index in [1.165, 1.54) is 37.3 Å². The van der Waals surface area contributed by atoms with Crippen molar-refractivity contribution < 1.29 is 53.4 Å². The summed E-state index contributed by atoms with van der Waals surface area (Å²) in [6.45, 7) is 48.5. The molecule has 0 saturated carbocycles. The molecule has 0 aromatic carbocycles. The largest absolute Gasteiger partial charge is 0.511 e. The van der Waals surface area contributed by atoms with Gasteiger partial charge in [-0.25, -0.2) is 44.9 Å². The van der Waals surface area contributed by atoms with E-state index in [-0.39, 0.29) is 59.8 Å². The molecule has 0 radical (unpaired) electrons. The van der Waals surface area contributed by atoms with E-state index in [9.17, 15) is 34.5 Å². The molecule has 130 heavy (non-hydrogen) atoms. The van der Waals surface area contributed by atoms with E-state index in [1.807, 2.05) is 58.1 Å². The number of fused-ring (bicyclic) bond motifs is 15. The Hall–Kier alpha value is -12.9. The van der Waals surface area contributed by atoms with Crippen LogP contribution in [0.25, 0.3) is 0 Å². The summed E-state index contributed by atoms with van der Waals surface area (Å²) in [5, 5.41) is 45.0. The van der Waals surface area contributed by atoms with Crippen LogP contribution in [-0.4, -0.2) is 124 Å². The average Bonchev–Trinajstić information content (AvgIpc) is 1.81. The third-order valence-electron chi connectivity index (χ3n) is 28.9. The van der Waals surface area contributed by atoms with Crippen molar-refractivity contribution >= 4 is 76.6 Å². The number of aliphatic imine (C=N–C) groups is 9. The zero-order valence-corrected chi connectivity index (χ0v) is 78.1. The summed E-state index contributed by atoms with van der Waals surface area (Å²) in [7, 11) is 0. The molecule has 0 spiro atoms. The molecule has 2 unspecified atom stereocenters. The first-order valence-electron chi connectivity index (χ1n) is 46.0. The SMILES string of the molecule is C=CC1=C(C)C2=NC1=CC1=NC(=CC3=C(C)C4=C(O)C(C(C)=O)C(=C5NC(=C2)[C@@H](C)[C@@H]5CCOC=O)C4=N3)C(CC)=C1C.C=CC1=C(C)C2=NC1=CC1=NC(=CC3=C(C)C4=C(O)CC(=C5NC(=C2)[C@@H](C)[C@@H]5CCOC=O)C4=N3)C(CC)=C1C.CCCCCCOC(C)C1=C(C)C2=NC1=CC1=NC(=CC3=C(C)C4=C(O)CC(=C5NC(=C2)[C@@H](C)[C@@H]5CCOC=O)C4=N3)C(CC)=C1C. The molecule has 672 valence electrons. The third-order valence-corrected chi connectivity index (χ3v) is 28.9. The summed E-state index contributed by atoms with van der Waals surface area (Å²) in [6, 6.07) is 0. The summed E-state index contributed by atoms with van der Waals surface area (Å²) >= 11 is 0. The lowest BCUT2D eigenvalue weighted by Crippen LogP contribution is -2.23. The molecule has 15 heterocycles. The Kier molecular flexibility index (Phi) is 25.7. The summed E-state index contributed by atoms with van der Waals surface area (Å²) in [6.07, 6.45) is 32.0. The quantitative estimate of drug-likeness (QED) is 0.0281. The van der Waals surface area contributed by atoms with Gasteiger partial charge in [0.15, 0.2) is 0 Å². The molecule has 18 rings (SSSR count). The molecule has 15 aliphatic heterocycles. The standard InChI is InChI=1S/C39H48N4O4.C35H36N4O4.C33H34N4O3/c1-8-10-11-12-14-47-25(7)36-23(5)31-17-30-22(4)27(13-15-46-20-44)38(42-30)28-16-35(45)37-24(6)32(43-39(28)37)18-33-26(9-2)21(3)29(40-33)19-34(36)41-31;1-8-21-16(3)24-12-26-18(5)23(10-11-43-15-40)33(38-26)32-31(20(7)41)35(42)30-19(6)27(39-34(30)32)14-29-22(9-2)17(4)25(37-29)13-28(21)36-24;1-7-20-16(3)24-12-26-18(5)22(9-10-40-15-38)32(36-26)23-11-30(39)31-19(6)27(37-33(23)31)14-29-21(8-2)17(4)25(35-29)13-28(20)34-24/h17-20,22,25,27,42,45H,8-16H2,1-7H3;8,12-15,18,23,31,38,42H,1,9-11H2,2-7H3;7,12-15,18,22,36,39H,1,8-11H2,2-6H3/t22-,25?,27-;18-,23-,31?;18-,22-/m000/s1. The van der Waals surface area contributed by atoms with Gasteiger partial charge in [-0.05, 0) is 243 Å². The number of hydrogen-bond acceptors (Lipinski definition) is 23. The Morgan fingerprint density at radius 1 is 0.438 bits per heavy atom. The van der Waals surface area contributed by atoms with Crippen molar-refractivity contribution in [3.05, 3.63) is 300 Å². The van der Waals surface area contributed by atoms with Crippen LogP contribution in [-0.2, 0) is 38.1 Å². The molecule has 0 aromatic heterocycles. The number of nitrogens with zero attached hydrogens (tertiary/aromatic N) is 9. The molecule has 3 fully saturated rings. The fourth-order valence-corrected chi connectivity index (χ4v) is 21.4. The molecular formula is C107H118N12O11. The lowest BCUT2D eigenvalue weighted by molar-refractivity contribution is -0.129. The van der Waals surface area contributed by atoms with E-state index < -0.39 is 5.92 Å². The molecule has 3 aliphatic carbocycles. The first kappa shape index (κ1) is 90.5. The van der Waals surface area contributed by atoms with Gasteiger partial charge in [-0.1, -0.05) is 93.0 Å². The summed E-state index contributed by atoms with van der Waals surface area (Å²) < 4.78 is 21.8. The number of hydrogen-bond donors (Lipinski definition) is 6. The van der Waals surface area contributed by atoms with Crippen LogP contribution >= 0.6 is 0 Å². The van der Waals surface area contributed by atoms with E-state index in [0.717, 1.165) is 246 Å². The van der Waals surface area contributed by atoms with Gasteiger partial charge in [0.25, 0.3) is 19.4 Å². The molecule has 8 atom stereocenters. The summed E-state index contributed by atoms with van der Waals surface area (Å²) in [5.74, 6) is -0.101. The Labute approximate surface area is 762 Å². The van der Waals surface area contributed by atoms with Crippen molar-refractivity contribution in [3.63, 3.8) is 0 Å². The minimum absolute atomic E-state index is 0.0155. The normalized spacial score (nSPS) is 25.0. The van der Waals surface area contributed by atoms with Crippen molar-refractivity contribution in [3.8, 4) is 0 Å². The zero-order valence-electron chi connectivity index (χ0n) is 78.1.